The van der Waals surface area contributed by atoms with Crippen molar-refractivity contribution in [1.82, 2.24) is 10.0 Å². The van der Waals surface area contributed by atoms with Crippen LogP contribution < -0.4 is 10.0 Å². The number of esters is 1. The molecule has 0 fully saturated rings. The van der Waals surface area contributed by atoms with E-state index in [1.54, 1.807) is 13.8 Å². The van der Waals surface area contributed by atoms with E-state index in [1.165, 1.54) is 18.2 Å². The van der Waals surface area contributed by atoms with Gasteiger partial charge in [-0.15, -0.1) is 0 Å². The highest BCUT2D eigenvalue weighted by molar-refractivity contribution is 9.10. The molecular weight excluding hydrogens is 460 g/mol. The largest absolute Gasteiger partial charge is 0.452 e. The van der Waals surface area contributed by atoms with Crippen LogP contribution in [0.2, 0.25) is 0 Å². The summed E-state index contributed by atoms with van der Waals surface area (Å²) in [5.41, 5.74) is 0.936. The number of halogens is 1. The molecule has 29 heavy (non-hydrogen) atoms. The minimum Gasteiger partial charge on any atom is -0.452 e. The van der Waals surface area contributed by atoms with Crippen molar-refractivity contribution >= 4 is 37.8 Å². The van der Waals surface area contributed by atoms with Gasteiger partial charge in [-0.3, -0.25) is 4.79 Å². The first kappa shape index (κ1) is 23.1. The zero-order chi connectivity index (χ0) is 21.6. The standard InChI is InChI=1S/C20H23BrN2O5S/c1-13(2)23-29(26,27)16-9-10-18(21)17(11-16)20(25)28-12-19(24)22-14(3)15-7-5-4-6-8-15/h4-11,13-14,23H,12H2,1-3H3,(H,22,24)/t14-/m0/s1. The van der Waals surface area contributed by atoms with Crippen LogP contribution in [0.3, 0.4) is 0 Å². The van der Waals surface area contributed by atoms with Crippen molar-refractivity contribution in [1.29, 1.82) is 0 Å². The van der Waals surface area contributed by atoms with Crippen LogP contribution >= 0.6 is 15.9 Å². The summed E-state index contributed by atoms with van der Waals surface area (Å²) in [7, 11) is -3.77. The molecule has 1 atom stereocenters. The molecule has 0 saturated heterocycles. The van der Waals surface area contributed by atoms with Gasteiger partial charge < -0.3 is 10.1 Å². The third kappa shape index (κ3) is 6.66. The second-order valence-corrected chi connectivity index (χ2v) is 9.26. The van der Waals surface area contributed by atoms with E-state index in [-0.39, 0.29) is 22.5 Å². The molecule has 0 aliphatic carbocycles. The van der Waals surface area contributed by atoms with Gasteiger partial charge in [0.25, 0.3) is 5.91 Å². The van der Waals surface area contributed by atoms with Crippen LogP contribution in [0.5, 0.6) is 0 Å². The predicted octanol–water partition coefficient (Wildman–Crippen LogP) is 3.17. The molecule has 2 N–H and O–H groups in total. The summed E-state index contributed by atoms with van der Waals surface area (Å²) < 4.78 is 32.5. The Bertz CT molecular complexity index is 978. The summed E-state index contributed by atoms with van der Waals surface area (Å²) in [4.78, 5) is 24.4. The van der Waals surface area contributed by atoms with E-state index in [9.17, 15) is 18.0 Å². The molecule has 2 aromatic carbocycles. The molecule has 7 nitrogen and oxygen atoms in total. The SMILES string of the molecule is CC(C)NS(=O)(=O)c1ccc(Br)c(C(=O)OCC(=O)N[C@@H](C)c2ccccc2)c1. The summed E-state index contributed by atoms with van der Waals surface area (Å²) in [6.45, 7) is 4.73. The summed E-state index contributed by atoms with van der Waals surface area (Å²) in [5.74, 6) is -1.27. The lowest BCUT2D eigenvalue weighted by Crippen LogP contribution is -2.31. The normalized spacial score (nSPS) is 12.4. The molecule has 0 spiro atoms. The Labute approximate surface area is 179 Å². The highest BCUT2D eigenvalue weighted by Gasteiger charge is 2.21. The van der Waals surface area contributed by atoms with E-state index in [1.807, 2.05) is 37.3 Å². The summed E-state index contributed by atoms with van der Waals surface area (Å²) in [6, 6.07) is 12.9. The molecule has 2 rings (SSSR count). The van der Waals surface area contributed by atoms with Crippen molar-refractivity contribution in [3.05, 3.63) is 64.1 Å². The Morgan fingerprint density at radius 2 is 1.72 bits per heavy atom. The smallest absolute Gasteiger partial charge is 0.339 e. The number of sulfonamides is 1. The molecule has 0 heterocycles. The van der Waals surface area contributed by atoms with Gasteiger partial charge in [0.05, 0.1) is 16.5 Å². The molecule has 0 unspecified atom stereocenters. The molecule has 156 valence electrons. The average Bonchev–Trinajstić information content (AvgIpc) is 2.66. The van der Waals surface area contributed by atoms with Crippen LogP contribution in [0.1, 0.15) is 42.7 Å². The Morgan fingerprint density at radius 1 is 1.07 bits per heavy atom. The van der Waals surface area contributed by atoms with Gasteiger partial charge in [-0.05, 0) is 60.5 Å². The van der Waals surface area contributed by atoms with Crippen molar-refractivity contribution in [2.24, 2.45) is 0 Å². The number of benzene rings is 2. The van der Waals surface area contributed by atoms with Crippen molar-refractivity contribution in [2.45, 2.75) is 37.8 Å². The van der Waals surface area contributed by atoms with Crippen LogP contribution in [-0.4, -0.2) is 32.9 Å². The average molecular weight is 483 g/mol. The highest BCUT2D eigenvalue weighted by Crippen LogP contribution is 2.22. The summed E-state index contributed by atoms with van der Waals surface area (Å²) in [6.07, 6.45) is 0. The van der Waals surface area contributed by atoms with Gasteiger partial charge in [0, 0.05) is 10.5 Å². The second-order valence-electron chi connectivity index (χ2n) is 6.69. The topological polar surface area (TPSA) is 102 Å². The van der Waals surface area contributed by atoms with Crippen molar-refractivity contribution in [3.8, 4) is 0 Å². The first-order valence-corrected chi connectivity index (χ1v) is 11.2. The number of carbonyl (C=O) groups is 2. The summed E-state index contributed by atoms with van der Waals surface area (Å²) >= 11 is 3.21. The fourth-order valence-corrected chi connectivity index (χ4v) is 4.21. The maximum absolute atomic E-state index is 12.4. The third-order valence-corrected chi connectivity index (χ3v) is 6.22. The van der Waals surface area contributed by atoms with Gasteiger partial charge in [0.2, 0.25) is 10.0 Å². The highest BCUT2D eigenvalue weighted by atomic mass is 79.9. The van der Waals surface area contributed by atoms with Crippen LogP contribution in [0, 0.1) is 0 Å². The monoisotopic (exact) mass is 482 g/mol. The maximum Gasteiger partial charge on any atom is 0.339 e. The van der Waals surface area contributed by atoms with Crippen LogP contribution in [0.4, 0.5) is 0 Å². The molecule has 0 bridgehead atoms. The fourth-order valence-electron chi connectivity index (χ4n) is 2.52. The third-order valence-electron chi connectivity index (χ3n) is 3.87. The lowest BCUT2D eigenvalue weighted by molar-refractivity contribution is -0.124. The number of hydrogen-bond acceptors (Lipinski definition) is 5. The lowest BCUT2D eigenvalue weighted by atomic mass is 10.1. The molecule has 0 saturated carbocycles. The minimum atomic E-state index is -3.77. The van der Waals surface area contributed by atoms with Gasteiger partial charge >= 0.3 is 5.97 Å². The number of hydrogen-bond donors (Lipinski definition) is 2. The number of rotatable bonds is 8. The summed E-state index contributed by atoms with van der Waals surface area (Å²) in [5, 5.41) is 2.74. The number of amides is 1. The Hall–Kier alpha value is -2.23. The van der Waals surface area contributed by atoms with E-state index < -0.39 is 28.5 Å². The second kappa shape index (κ2) is 10.00. The zero-order valence-electron chi connectivity index (χ0n) is 16.3. The van der Waals surface area contributed by atoms with Crippen molar-refractivity contribution < 1.29 is 22.7 Å². The zero-order valence-corrected chi connectivity index (χ0v) is 18.7. The van der Waals surface area contributed by atoms with Gasteiger partial charge in [0.15, 0.2) is 6.61 Å². The molecule has 0 radical (unpaired) electrons. The number of carbonyl (C=O) groups excluding carboxylic acids is 2. The first-order valence-electron chi connectivity index (χ1n) is 8.93. The number of ether oxygens (including phenoxy) is 1. The van der Waals surface area contributed by atoms with Crippen LogP contribution in [-0.2, 0) is 19.6 Å². The van der Waals surface area contributed by atoms with Crippen LogP contribution in [0.15, 0.2) is 57.9 Å². The molecule has 0 aliphatic heterocycles. The quantitative estimate of drug-likeness (QED) is 0.562. The number of nitrogens with one attached hydrogen (secondary N) is 2. The molecule has 0 aromatic heterocycles. The lowest BCUT2D eigenvalue weighted by Gasteiger charge is -2.15. The molecule has 2 aromatic rings. The molecule has 0 aliphatic rings. The Kier molecular flexibility index (Phi) is 7.95. The first-order chi connectivity index (χ1) is 13.6. The fraction of sp³-hybridized carbons (Fsp3) is 0.300. The molecular formula is C20H23BrN2O5S. The van der Waals surface area contributed by atoms with E-state index >= 15 is 0 Å². The van der Waals surface area contributed by atoms with Crippen molar-refractivity contribution in [2.75, 3.05) is 6.61 Å². The minimum absolute atomic E-state index is 0.0144. The van der Waals surface area contributed by atoms with E-state index in [0.29, 0.717) is 4.47 Å². The van der Waals surface area contributed by atoms with E-state index in [0.717, 1.165) is 5.56 Å². The Morgan fingerprint density at radius 3 is 2.34 bits per heavy atom. The van der Waals surface area contributed by atoms with Gasteiger partial charge in [-0.2, -0.15) is 0 Å². The predicted molar refractivity (Wildman–Crippen MR) is 113 cm³/mol. The molecule has 1 amide bonds. The van der Waals surface area contributed by atoms with Gasteiger partial charge in [-0.1, -0.05) is 30.3 Å². The maximum atomic E-state index is 12.4. The van der Waals surface area contributed by atoms with Gasteiger partial charge in [-0.25, -0.2) is 17.9 Å². The van der Waals surface area contributed by atoms with Gasteiger partial charge in [0.1, 0.15) is 0 Å². The van der Waals surface area contributed by atoms with E-state index in [2.05, 4.69) is 26.0 Å². The van der Waals surface area contributed by atoms with E-state index in [4.69, 9.17) is 4.74 Å². The molecule has 9 heteroatoms. The van der Waals surface area contributed by atoms with Crippen molar-refractivity contribution in [3.63, 3.8) is 0 Å². The Balaban J connectivity index is 2.03. The van der Waals surface area contributed by atoms with Crippen LogP contribution in [0.25, 0.3) is 0 Å².